The first-order chi connectivity index (χ1) is 8.56. The summed E-state index contributed by atoms with van der Waals surface area (Å²) in [5.74, 6) is 0.993. The van der Waals surface area contributed by atoms with Crippen LogP contribution in [0.3, 0.4) is 0 Å². The van der Waals surface area contributed by atoms with Gasteiger partial charge in [0.15, 0.2) is 0 Å². The zero-order valence-electron chi connectivity index (χ0n) is 11.1. The van der Waals surface area contributed by atoms with Gasteiger partial charge in [0.1, 0.15) is 5.75 Å². The Hall–Kier alpha value is -1.54. The van der Waals surface area contributed by atoms with Crippen LogP contribution in [0.25, 0.3) is 10.8 Å². The van der Waals surface area contributed by atoms with Gasteiger partial charge in [-0.15, -0.1) is 0 Å². The van der Waals surface area contributed by atoms with E-state index in [0.717, 1.165) is 23.6 Å². The third-order valence-corrected chi connectivity index (χ3v) is 3.33. The maximum atomic E-state index is 9.43. The van der Waals surface area contributed by atoms with Gasteiger partial charge in [-0.05, 0) is 53.3 Å². The highest BCUT2D eigenvalue weighted by Gasteiger charge is 2.08. The van der Waals surface area contributed by atoms with E-state index in [0.29, 0.717) is 11.7 Å². The van der Waals surface area contributed by atoms with E-state index in [4.69, 9.17) is 5.73 Å². The molecule has 2 heteroatoms. The molecule has 0 aliphatic carbocycles. The molecule has 0 heterocycles. The minimum atomic E-state index is 0.102. The van der Waals surface area contributed by atoms with Crippen LogP contribution in [0.4, 0.5) is 0 Å². The van der Waals surface area contributed by atoms with E-state index in [1.165, 1.54) is 5.56 Å². The Morgan fingerprint density at radius 2 is 1.67 bits per heavy atom. The predicted octanol–water partition coefficient (Wildman–Crippen LogP) is 3.98. The third-order valence-electron chi connectivity index (χ3n) is 3.33. The van der Waals surface area contributed by atoms with Crippen molar-refractivity contribution in [1.82, 2.24) is 0 Å². The number of aromatic hydroxyl groups is 1. The van der Waals surface area contributed by atoms with Crippen molar-refractivity contribution in [2.45, 2.75) is 32.7 Å². The van der Waals surface area contributed by atoms with Crippen LogP contribution in [0.2, 0.25) is 0 Å². The van der Waals surface area contributed by atoms with Crippen LogP contribution >= 0.6 is 0 Å². The zero-order chi connectivity index (χ0) is 13.1. The monoisotopic (exact) mass is 243 g/mol. The number of hydrogen-bond acceptors (Lipinski definition) is 2. The van der Waals surface area contributed by atoms with Gasteiger partial charge in [-0.3, -0.25) is 0 Å². The Balaban J connectivity index is 2.21. The summed E-state index contributed by atoms with van der Waals surface area (Å²) in [6.07, 6.45) is 2.16. The molecule has 18 heavy (non-hydrogen) atoms. The van der Waals surface area contributed by atoms with Crippen molar-refractivity contribution in [3.63, 3.8) is 0 Å². The first-order valence-electron chi connectivity index (χ1n) is 6.54. The second kappa shape index (κ2) is 5.40. The molecule has 3 N–H and O–H groups in total. The van der Waals surface area contributed by atoms with Gasteiger partial charge in [0.2, 0.25) is 0 Å². The molecule has 0 saturated heterocycles. The number of phenolic OH excluding ortho intramolecular Hbond substituents is 1. The SMILES string of the molecule is CC(C)CC[C@H](N)c1ccc2cc(O)ccc2c1. The highest BCUT2D eigenvalue weighted by Crippen LogP contribution is 2.25. The molecule has 0 radical (unpaired) electrons. The van der Waals surface area contributed by atoms with Crippen LogP contribution in [-0.4, -0.2) is 5.11 Å². The van der Waals surface area contributed by atoms with Gasteiger partial charge in [-0.1, -0.05) is 32.0 Å². The average Bonchev–Trinajstić information content (AvgIpc) is 2.35. The Labute approximate surface area is 108 Å². The van der Waals surface area contributed by atoms with Gasteiger partial charge >= 0.3 is 0 Å². The number of fused-ring (bicyclic) bond motifs is 1. The third kappa shape index (κ3) is 3.02. The topological polar surface area (TPSA) is 46.2 Å². The molecule has 0 aliphatic heterocycles. The molecule has 96 valence electrons. The lowest BCUT2D eigenvalue weighted by atomic mass is 9.96. The Bertz CT molecular complexity index is 534. The Kier molecular flexibility index (Phi) is 3.87. The molecule has 2 aromatic rings. The largest absolute Gasteiger partial charge is 0.508 e. The fourth-order valence-electron chi connectivity index (χ4n) is 2.16. The summed E-state index contributed by atoms with van der Waals surface area (Å²) in [4.78, 5) is 0. The number of hydrogen-bond donors (Lipinski definition) is 2. The number of nitrogens with two attached hydrogens (primary N) is 1. The molecule has 2 nitrogen and oxygen atoms in total. The van der Waals surface area contributed by atoms with E-state index < -0.39 is 0 Å². The van der Waals surface area contributed by atoms with Crippen molar-refractivity contribution in [1.29, 1.82) is 0 Å². The van der Waals surface area contributed by atoms with Crippen LogP contribution in [0.15, 0.2) is 36.4 Å². The molecule has 2 rings (SSSR count). The highest BCUT2D eigenvalue weighted by molar-refractivity contribution is 5.84. The van der Waals surface area contributed by atoms with Gasteiger partial charge in [-0.2, -0.15) is 0 Å². The van der Waals surface area contributed by atoms with Gasteiger partial charge in [0.05, 0.1) is 0 Å². The summed E-state index contributed by atoms with van der Waals surface area (Å²) in [7, 11) is 0. The minimum Gasteiger partial charge on any atom is -0.508 e. The second-order valence-corrected chi connectivity index (χ2v) is 5.37. The number of phenols is 1. The van der Waals surface area contributed by atoms with Gasteiger partial charge in [0.25, 0.3) is 0 Å². The first-order valence-corrected chi connectivity index (χ1v) is 6.54. The summed E-state index contributed by atoms with van der Waals surface area (Å²) >= 11 is 0. The van der Waals surface area contributed by atoms with E-state index in [9.17, 15) is 5.11 Å². The summed E-state index contributed by atoms with van der Waals surface area (Å²) in [5.41, 5.74) is 7.39. The summed E-state index contributed by atoms with van der Waals surface area (Å²) in [5, 5.41) is 11.6. The van der Waals surface area contributed by atoms with Gasteiger partial charge < -0.3 is 10.8 Å². The van der Waals surface area contributed by atoms with Crippen LogP contribution in [0.1, 0.15) is 38.3 Å². The standard InChI is InChI=1S/C16H21NO/c1-11(2)3-8-16(17)14-5-4-13-10-15(18)7-6-12(13)9-14/h4-7,9-11,16,18H,3,8,17H2,1-2H3/t16-/m0/s1. The average molecular weight is 243 g/mol. The molecule has 0 aliphatic rings. The lowest BCUT2D eigenvalue weighted by molar-refractivity contribution is 0.476. The predicted molar refractivity (Wildman–Crippen MR) is 76.6 cm³/mol. The van der Waals surface area contributed by atoms with Crippen molar-refractivity contribution in [2.24, 2.45) is 11.7 Å². The van der Waals surface area contributed by atoms with E-state index in [1.807, 2.05) is 12.1 Å². The fraction of sp³-hybridized carbons (Fsp3) is 0.375. The molecule has 0 amide bonds. The summed E-state index contributed by atoms with van der Waals surface area (Å²) < 4.78 is 0. The van der Waals surface area contributed by atoms with Crippen LogP contribution in [-0.2, 0) is 0 Å². The molecule has 0 aromatic heterocycles. The Morgan fingerprint density at radius 1 is 1.00 bits per heavy atom. The summed E-state index contributed by atoms with van der Waals surface area (Å²) in [6, 6.07) is 11.7. The van der Waals surface area contributed by atoms with Crippen LogP contribution in [0, 0.1) is 5.92 Å². The van der Waals surface area contributed by atoms with Crippen LogP contribution < -0.4 is 5.73 Å². The molecular weight excluding hydrogens is 222 g/mol. The smallest absolute Gasteiger partial charge is 0.116 e. The minimum absolute atomic E-state index is 0.102. The molecular formula is C16H21NO. The van der Waals surface area contributed by atoms with Crippen molar-refractivity contribution < 1.29 is 5.11 Å². The van der Waals surface area contributed by atoms with Gasteiger partial charge in [0, 0.05) is 6.04 Å². The van der Waals surface area contributed by atoms with Crippen molar-refractivity contribution in [2.75, 3.05) is 0 Å². The van der Waals surface area contributed by atoms with E-state index in [-0.39, 0.29) is 6.04 Å². The first kappa shape index (κ1) is 12.9. The fourth-order valence-corrected chi connectivity index (χ4v) is 2.16. The van der Waals surface area contributed by atoms with E-state index >= 15 is 0 Å². The molecule has 1 atom stereocenters. The van der Waals surface area contributed by atoms with E-state index in [2.05, 4.69) is 26.0 Å². The lowest BCUT2D eigenvalue weighted by Gasteiger charge is -2.14. The molecule has 2 aromatic carbocycles. The molecule has 0 unspecified atom stereocenters. The van der Waals surface area contributed by atoms with Crippen LogP contribution in [0.5, 0.6) is 5.75 Å². The maximum Gasteiger partial charge on any atom is 0.116 e. The second-order valence-electron chi connectivity index (χ2n) is 5.37. The summed E-state index contributed by atoms with van der Waals surface area (Å²) in [6.45, 7) is 4.44. The zero-order valence-corrected chi connectivity index (χ0v) is 11.1. The van der Waals surface area contributed by atoms with Crippen molar-refractivity contribution in [3.8, 4) is 5.75 Å². The van der Waals surface area contributed by atoms with Crippen molar-refractivity contribution in [3.05, 3.63) is 42.0 Å². The van der Waals surface area contributed by atoms with E-state index in [1.54, 1.807) is 12.1 Å². The Morgan fingerprint density at radius 3 is 2.39 bits per heavy atom. The quantitative estimate of drug-likeness (QED) is 0.853. The maximum absolute atomic E-state index is 9.43. The number of rotatable bonds is 4. The van der Waals surface area contributed by atoms with Crippen molar-refractivity contribution >= 4 is 10.8 Å². The van der Waals surface area contributed by atoms with Gasteiger partial charge in [-0.25, -0.2) is 0 Å². The lowest BCUT2D eigenvalue weighted by Crippen LogP contribution is -2.11. The molecule has 0 spiro atoms. The normalized spacial score (nSPS) is 13.1. The molecule has 0 bridgehead atoms. The number of benzene rings is 2. The molecule has 0 fully saturated rings. The highest BCUT2D eigenvalue weighted by atomic mass is 16.3. The molecule has 0 saturated carbocycles.